The molecule has 0 heterocycles. The van der Waals surface area contributed by atoms with E-state index in [1.54, 1.807) is 23.5 Å². The highest BCUT2D eigenvalue weighted by atomic mass is 32.2. The van der Waals surface area contributed by atoms with Crippen molar-refractivity contribution in [3.05, 3.63) is 17.2 Å². The predicted molar refractivity (Wildman–Crippen MR) is 45.1 cm³/mol. The van der Waals surface area contributed by atoms with E-state index < -0.39 is 0 Å². The lowest BCUT2D eigenvalue weighted by Gasteiger charge is -1.95. The van der Waals surface area contributed by atoms with Gasteiger partial charge in [0.05, 0.1) is 0 Å². The zero-order chi connectivity index (χ0) is 6.41. The normalized spacial score (nSPS) is 9.25. The van der Waals surface area contributed by atoms with E-state index in [0.717, 1.165) is 6.42 Å². The minimum atomic E-state index is 1.03. The second-order valence-electron chi connectivity index (χ2n) is 1.35. The molecule has 0 aliphatic heterocycles. The zero-order valence-corrected chi connectivity index (χ0v) is 6.94. The molecule has 2 heteroatoms. The molecule has 0 rings (SSSR count). The van der Waals surface area contributed by atoms with Gasteiger partial charge in [-0.05, 0) is 23.8 Å². The van der Waals surface area contributed by atoms with Gasteiger partial charge in [-0.2, -0.15) is 11.8 Å². The van der Waals surface area contributed by atoms with Crippen molar-refractivity contribution in [2.45, 2.75) is 6.42 Å². The van der Waals surface area contributed by atoms with Gasteiger partial charge in [-0.3, -0.25) is 0 Å². The van der Waals surface area contributed by atoms with E-state index in [9.17, 15) is 0 Å². The number of thioether (sulfide) groups is 2. The third kappa shape index (κ3) is 4.60. The Morgan fingerprint density at radius 1 is 1.62 bits per heavy atom. The van der Waals surface area contributed by atoms with Gasteiger partial charge in [0.25, 0.3) is 0 Å². The summed E-state index contributed by atoms with van der Waals surface area (Å²) in [5.41, 5.74) is 0. The molecule has 0 aromatic heterocycles. The summed E-state index contributed by atoms with van der Waals surface area (Å²) in [7, 11) is 0. The van der Waals surface area contributed by atoms with Crippen LogP contribution in [0, 0.1) is 5.75 Å². The van der Waals surface area contributed by atoms with Crippen LogP contribution in [0.15, 0.2) is 11.5 Å². The molecule has 1 radical (unpaired) electrons. The molecule has 0 amide bonds. The topological polar surface area (TPSA) is 0 Å². The van der Waals surface area contributed by atoms with Crippen molar-refractivity contribution in [2.24, 2.45) is 0 Å². The number of rotatable bonds is 4. The Hall–Kier alpha value is 0.440. The standard InChI is InChI=1S/C6H11S2/c1-6(8-3)4-5-7-2/h5H,1,4H2,2-3H3. The molecule has 0 fully saturated rings. The molecule has 0 N–H and O–H groups in total. The number of hydrogen-bond donors (Lipinski definition) is 0. The fraction of sp³-hybridized carbons (Fsp3) is 0.500. The number of allylic oxidation sites excluding steroid dienone is 1. The molecule has 0 aromatic carbocycles. The summed E-state index contributed by atoms with van der Waals surface area (Å²) in [5, 5.41) is 0. The second-order valence-corrected chi connectivity index (χ2v) is 3.14. The summed E-state index contributed by atoms with van der Waals surface area (Å²) < 4.78 is 0. The molecule has 47 valence electrons. The monoisotopic (exact) mass is 147 g/mol. The molecule has 0 aromatic rings. The first-order valence-corrected chi connectivity index (χ1v) is 4.88. The molecular formula is C6H11S2. The van der Waals surface area contributed by atoms with E-state index in [-0.39, 0.29) is 0 Å². The van der Waals surface area contributed by atoms with Gasteiger partial charge in [-0.25, -0.2) is 0 Å². The molecule has 0 bridgehead atoms. The smallest absolute Gasteiger partial charge is 0.0212 e. The molecule has 0 saturated carbocycles. The van der Waals surface area contributed by atoms with Gasteiger partial charge in [0.2, 0.25) is 0 Å². The lowest BCUT2D eigenvalue weighted by Crippen LogP contribution is -1.70. The van der Waals surface area contributed by atoms with Crippen molar-refractivity contribution in [2.75, 3.05) is 12.5 Å². The maximum Gasteiger partial charge on any atom is 0.0212 e. The Balaban J connectivity index is 2.99. The van der Waals surface area contributed by atoms with Gasteiger partial charge in [0, 0.05) is 5.75 Å². The van der Waals surface area contributed by atoms with Gasteiger partial charge in [0.15, 0.2) is 0 Å². The predicted octanol–water partition coefficient (Wildman–Crippen LogP) is 2.78. The van der Waals surface area contributed by atoms with Crippen LogP contribution < -0.4 is 0 Å². The summed E-state index contributed by atoms with van der Waals surface area (Å²) >= 11 is 3.47. The molecule has 0 saturated heterocycles. The van der Waals surface area contributed by atoms with Crippen LogP contribution in [0.4, 0.5) is 0 Å². The largest absolute Gasteiger partial charge is 0.160 e. The molecule has 8 heavy (non-hydrogen) atoms. The summed E-state index contributed by atoms with van der Waals surface area (Å²) in [4.78, 5) is 1.24. The Morgan fingerprint density at radius 2 is 2.25 bits per heavy atom. The molecule has 0 atom stereocenters. The molecular weight excluding hydrogens is 136 g/mol. The Labute approximate surface area is 60.1 Å². The van der Waals surface area contributed by atoms with Crippen LogP contribution in [0.2, 0.25) is 0 Å². The maximum absolute atomic E-state index is 3.83. The van der Waals surface area contributed by atoms with Gasteiger partial charge >= 0.3 is 0 Å². The first kappa shape index (κ1) is 8.44. The van der Waals surface area contributed by atoms with Crippen molar-refractivity contribution < 1.29 is 0 Å². The lowest BCUT2D eigenvalue weighted by molar-refractivity contribution is 1.35. The van der Waals surface area contributed by atoms with Crippen molar-refractivity contribution in [1.82, 2.24) is 0 Å². The van der Waals surface area contributed by atoms with Crippen LogP contribution in [-0.4, -0.2) is 12.5 Å². The van der Waals surface area contributed by atoms with Crippen molar-refractivity contribution in [3.63, 3.8) is 0 Å². The average molecular weight is 147 g/mol. The zero-order valence-electron chi connectivity index (χ0n) is 5.31. The fourth-order valence-electron chi connectivity index (χ4n) is 0.260. The summed E-state index contributed by atoms with van der Waals surface area (Å²) in [5.74, 6) is 2.15. The van der Waals surface area contributed by atoms with E-state index >= 15 is 0 Å². The molecule has 0 spiro atoms. The lowest BCUT2D eigenvalue weighted by atomic mass is 10.5. The van der Waals surface area contributed by atoms with Crippen LogP contribution >= 0.6 is 23.5 Å². The highest BCUT2D eigenvalue weighted by Crippen LogP contribution is 2.17. The summed E-state index contributed by atoms with van der Waals surface area (Å²) in [6.07, 6.45) is 5.15. The Morgan fingerprint density at radius 3 is 2.62 bits per heavy atom. The Bertz CT molecular complexity index is 68.9. The van der Waals surface area contributed by atoms with Crippen LogP contribution in [0.1, 0.15) is 6.42 Å². The molecule has 0 unspecified atom stereocenters. The highest BCUT2D eigenvalue weighted by Gasteiger charge is 1.88. The SMILES string of the molecule is C=C(C[CH]SC)SC. The Kier molecular flexibility index (Phi) is 5.88. The minimum absolute atomic E-state index is 1.03. The number of hydrogen-bond acceptors (Lipinski definition) is 2. The summed E-state index contributed by atoms with van der Waals surface area (Å²) in [6, 6.07) is 0. The van der Waals surface area contributed by atoms with Gasteiger partial charge in [0.1, 0.15) is 0 Å². The third-order valence-corrected chi connectivity index (χ3v) is 2.01. The first-order chi connectivity index (χ1) is 3.81. The van der Waals surface area contributed by atoms with E-state index in [0.29, 0.717) is 0 Å². The average Bonchev–Trinajstić information content (AvgIpc) is 1.83. The van der Waals surface area contributed by atoms with E-state index in [4.69, 9.17) is 0 Å². The maximum atomic E-state index is 3.83. The fourth-order valence-corrected chi connectivity index (χ4v) is 0.983. The first-order valence-electron chi connectivity index (χ1n) is 2.37. The van der Waals surface area contributed by atoms with Crippen LogP contribution in [0.3, 0.4) is 0 Å². The van der Waals surface area contributed by atoms with Gasteiger partial charge in [-0.1, -0.05) is 6.58 Å². The van der Waals surface area contributed by atoms with Crippen molar-refractivity contribution in [3.8, 4) is 0 Å². The quantitative estimate of drug-likeness (QED) is 0.599. The van der Waals surface area contributed by atoms with Crippen molar-refractivity contribution in [1.29, 1.82) is 0 Å². The highest BCUT2D eigenvalue weighted by molar-refractivity contribution is 8.02. The third-order valence-electron chi connectivity index (χ3n) is 0.766. The minimum Gasteiger partial charge on any atom is -0.160 e. The van der Waals surface area contributed by atoms with E-state index in [1.165, 1.54) is 4.91 Å². The molecule has 0 aliphatic rings. The summed E-state index contributed by atoms with van der Waals surface area (Å²) in [6.45, 7) is 3.83. The molecule has 0 aliphatic carbocycles. The van der Waals surface area contributed by atoms with Crippen molar-refractivity contribution >= 4 is 23.5 Å². The van der Waals surface area contributed by atoms with E-state index in [1.807, 2.05) is 0 Å². The van der Waals surface area contributed by atoms with Crippen LogP contribution in [0.25, 0.3) is 0 Å². The molecule has 0 nitrogen and oxygen atoms in total. The van der Waals surface area contributed by atoms with E-state index in [2.05, 4.69) is 24.8 Å². The van der Waals surface area contributed by atoms with Gasteiger partial charge in [-0.15, -0.1) is 11.8 Å². The van der Waals surface area contributed by atoms with Crippen LogP contribution in [-0.2, 0) is 0 Å². The van der Waals surface area contributed by atoms with Crippen LogP contribution in [0.5, 0.6) is 0 Å². The second kappa shape index (κ2) is 5.57. The van der Waals surface area contributed by atoms with Gasteiger partial charge < -0.3 is 0 Å².